The first kappa shape index (κ1) is 23.6. The number of carbonyl (C=O) groups excluding carboxylic acids is 2. The van der Waals surface area contributed by atoms with Gasteiger partial charge in [-0.2, -0.15) is 0 Å². The number of piperazine rings is 1. The van der Waals surface area contributed by atoms with Crippen LogP contribution in [-0.4, -0.2) is 112 Å². The molecule has 2 saturated heterocycles. The Hall–Kier alpha value is -2.04. The predicted octanol–water partition coefficient (Wildman–Crippen LogP) is -0.637. The Bertz CT molecular complexity index is 767. The lowest BCUT2D eigenvalue weighted by molar-refractivity contribution is -0.144. The van der Waals surface area contributed by atoms with Crippen molar-refractivity contribution in [1.82, 2.24) is 35.0 Å². The van der Waals surface area contributed by atoms with Gasteiger partial charge in [0, 0.05) is 65.4 Å². The van der Waals surface area contributed by atoms with Crippen LogP contribution in [0.2, 0.25) is 0 Å². The predicted molar refractivity (Wildman–Crippen MR) is 116 cm³/mol. The molecule has 2 fully saturated rings. The van der Waals surface area contributed by atoms with Crippen molar-refractivity contribution in [2.75, 3.05) is 53.4 Å². The number of β-amino-alcohol motifs (C(OH)–C–C–N with tert-alkyl or cyclic N) is 1. The first-order valence-corrected chi connectivity index (χ1v) is 11.1. The number of aliphatic hydroxyl groups is 1. The van der Waals surface area contributed by atoms with Crippen molar-refractivity contribution in [3.05, 3.63) is 11.9 Å². The normalized spacial score (nSPS) is 24.4. The van der Waals surface area contributed by atoms with Crippen LogP contribution >= 0.6 is 0 Å². The van der Waals surface area contributed by atoms with Gasteiger partial charge in [-0.1, -0.05) is 26.0 Å². The largest absolute Gasteiger partial charge is 0.391 e. The summed E-state index contributed by atoms with van der Waals surface area (Å²) in [5.41, 5.74) is 0.408. The molecule has 3 heterocycles. The van der Waals surface area contributed by atoms with Gasteiger partial charge in [-0.25, -0.2) is 4.68 Å². The first-order chi connectivity index (χ1) is 14.6. The maximum atomic E-state index is 13.5. The number of carbonyl (C=O) groups is 2. The number of aromatic nitrogens is 3. The molecule has 31 heavy (non-hydrogen) atoms. The van der Waals surface area contributed by atoms with Gasteiger partial charge in [-0.3, -0.25) is 9.59 Å². The van der Waals surface area contributed by atoms with Crippen LogP contribution in [0.4, 0.5) is 0 Å². The maximum absolute atomic E-state index is 13.5. The zero-order valence-electron chi connectivity index (χ0n) is 19.4. The van der Waals surface area contributed by atoms with E-state index >= 15 is 0 Å². The Morgan fingerprint density at radius 3 is 2.55 bits per heavy atom. The molecule has 3 atom stereocenters. The minimum Gasteiger partial charge on any atom is -0.391 e. The summed E-state index contributed by atoms with van der Waals surface area (Å²) < 4.78 is 1.63. The number of nitrogens with one attached hydrogen (secondary N) is 1. The number of amides is 2. The van der Waals surface area contributed by atoms with E-state index in [1.807, 2.05) is 27.0 Å². The molecule has 2 aliphatic heterocycles. The molecule has 10 heteroatoms. The average Bonchev–Trinajstić information content (AvgIpc) is 3.32. The van der Waals surface area contributed by atoms with E-state index in [2.05, 4.69) is 32.5 Å². The molecule has 0 aromatic carbocycles. The van der Waals surface area contributed by atoms with Crippen molar-refractivity contribution in [2.24, 2.45) is 5.41 Å². The van der Waals surface area contributed by atoms with Gasteiger partial charge in [-0.15, -0.1) is 5.10 Å². The molecule has 0 bridgehead atoms. The lowest BCUT2D eigenvalue weighted by atomic mass is 9.85. The fraction of sp³-hybridized carbons (Fsp3) is 0.810. The van der Waals surface area contributed by atoms with E-state index in [0.29, 0.717) is 0 Å². The molecule has 3 rings (SSSR count). The van der Waals surface area contributed by atoms with Crippen LogP contribution in [0.1, 0.15) is 38.9 Å². The number of hydrogen-bond donors (Lipinski definition) is 2. The smallest absolute Gasteiger partial charge is 0.248 e. The van der Waals surface area contributed by atoms with Crippen LogP contribution in [0.3, 0.4) is 0 Å². The number of rotatable bonds is 6. The number of hydrogen-bond acceptors (Lipinski definition) is 7. The molecule has 1 aromatic heterocycles. The zero-order chi connectivity index (χ0) is 22.8. The van der Waals surface area contributed by atoms with Crippen LogP contribution in [0, 0.1) is 5.41 Å². The van der Waals surface area contributed by atoms with Gasteiger partial charge in [0.05, 0.1) is 11.8 Å². The molecule has 1 aromatic rings. The minimum absolute atomic E-state index is 0.147. The third kappa shape index (κ3) is 5.61. The monoisotopic (exact) mass is 435 g/mol. The molecule has 0 radical (unpaired) electrons. The highest BCUT2D eigenvalue weighted by atomic mass is 16.3. The molecule has 2 amide bonds. The Labute approximate surface area is 184 Å². The summed E-state index contributed by atoms with van der Waals surface area (Å²) in [6, 6.07) is -1.28. The van der Waals surface area contributed by atoms with E-state index in [9.17, 15) is 14.7 Å². The van der Waals surface area contributed by atoms with Crippen LogP contribution < -0.4 is 5.32 Å². The van der Waals surface area contributed by atoms with Gasteiger partial charge >= 0.3 is 0 Å². The molecule has 0 spiro atoms. The van der Waals surface area contributed by atoms with Crippen molar-refractivity contribution >= 4 is 11.8 Å². The van der Waals surface area contributed by atoms with Crippen molar-refractivity contribution in [1.29, 1.82) is 0 Å². The second-order valence-corrected chi connectivity index (χ2v) is 9.86. The van der Waals surface area contributed by atoms with Crippen molar-refractivity contribution in [2.45, 2.75) is 51.8 Å². The minimum atomic E-state index is -0.707. The Kier molecular flexibility index (Phi) is 7.33. The molecule has 174 valence electrons. The van der Waals surface area contributed by atoms with Crippen LogP contribution in [0.25, 0.3) is 0 Å². The summed E-state index contributed by atoms with van der Waals surface area (Å²) >= 11 is 0. The number of likely N-dealkylation sites (tertiary alicyclic amines) is 1. The Balaban J connectivity index is 1.73. The fourth-order valence-electron chi connectivity index (χ4n) is 4.41. The van der Waals surface area contributed by atoms with Crippen LogP contribution in [0.15, 0.2) is 6.20 Å². The topological polar surface area (TPSA) is 107 Å². The third-order valence-corrected chi connectivity index (χ3v) is 6.27. The van der Waals surface area contributed by atoms with Crippen LogP contribution in [-0.2, 0) is 16.0 Å². The van der Waals surface area contributed by atoms with E-state index in [0.717, 1.165) is 44.8 Å². The van der Waals surface area contributed by atoms with E-state index in [1.165, 1.54) is 4.90 Å². The van der Waals surface area contributed by atoms with Gasteiger partial charge < -0.3 is 25.1 Å². The summed E-state index contributed by atoms with van der Waals surface area (Å²) in [5.74, 6) is -0.475. The lowest BCUT2D eigenvalue weighted by Crippen LogP contribution is -2.49. The van der Waals surface area contributed by atoms with Gasteiger partial charge in [0.1, 0.15) is 12.1 Å². The van der Waals surface area contributed by atoms with Gasteiger partial charge in [0.2, 0.25) is 11.8 Å². The van der Waals surface area contributed by atoms with Crippen molar-refractivity contribution in [3.8, 4) is 0 Å². The Morgan fingerprint density at radius 1 is 1.26 bits per heavy atom. The highest BCUT2D eigenvalue weighted by molar-refractivity contribution is 5.90. The van der Waals surface area contributed by atoms with Crippen LogP contribution in [0.5, 0.6) is 0 Å². The second kappa shape index (κ2) is 9.62. The molecule has 2 N–H and O–H groups in total. The molecule has 10 nitrogen and oxygen atoms in total. The van der Waals surface area contributed by atoms with E-state index < -0.39 is 23.6 Å². The zero-order valence-corrected chi connectivity index (χ0v) is 19.4. The fourth-order valence-corrected chi connectivity index (χ4v) is 4.41. The number of aliphatic hydroxyl groups excluding tert-OH is 1. The average molecular weight is 436 g/mol. The van der Waals surface area contributed by atoms with Gasteiger partial charge in [0.25, 0.3) is 0 Å². The van der Waals surface area contributed by atoms with Gasteiger partial charge in [0.15, 0.2) is 0 Å². The van der Waals surface area contributed by atoms with E-state index in [1.54, 1.807) is 11.7 Å². The highest BCUT2D eigenvalue weighted by Gasteiger charge is 2.45. The summed E-state index contributed by atoms with van der Waals surface area (Å²) in [6.07, 6.45) is 2.17. The quantitative estimate of drug-likeness (QED) is 0.612. The summed E-state index contributed by atoms with van der Waals surface area (Å²) in [6.45, 7) is 11.2. The Morgan fingerprint density at radius 2 is 1.94 bits per heavy atom. The molecule has 2 aliphatic rings. The molecule has 0 saturated carbocycles. The van der Waals surface area contributed by atoms with Crippen molar-refractivity contribution in [3.63, 3.8) is 0 Å². The molecular formula is C21H37N7O3. The van der Waals surface area contributed by atoms with E-state index in [4.69, 9.17) is 0 Å². The van der Waals surface area contributed by atoms with Gasteiger partial charge in [-0.05, 0) is 12.5 Å². The number of nitrogens with zero attached hydrogens (tertiary/aromatic N) is 6. The SMILES string of the molecule is CNC(=O)C1CC(O)CN1C(=O)[C@@H](n1cc(CCN2CCN(C)CC2)nn1)C(C)(C)C. The number of likely N-dealkylation sites (N-methyl/N-ethyl adjacent to an activating group) is 2. The second-order valence-electron chi connectivity index (χ2n) is 9.86. The summed E-state index contributed by atoms with van der Waals surface area (Å²) in [5, 5.41) is 21.3. The molecule has 2 unspecified atom stereocenters. The summed E-state index contributed by atoms with van der Waals surface area (Å²) in [7, 11) is 3.68. The third-order valence-electron chi connectivity index (χ3n) is 6.27. The van der Waals surface area contributed by atoms with Crippen molar-refractivity contribution < 1.29 is 14.7 Å². The maximum Gasteiger partial charge on any atom is 0.248 e. The summed E-state index contributed by atoms with van der Waals surface area (Å²) in [4.78, 5) is 32.1. The lowest BCUT2D eigenvalue weighted by Gasteiger charge is -2.34. The van der Waals surface area contributed by atoms with E-state index in [-0.39, 0.29) is 24.8 Å². The molecule has 0 aliphatic carbocycles. The first-order valence-electron chi connectivity index (χ1n) is 11.1. The molecular weight excluding hydrogens is 398 g/mol. The standard InChI is InChI=1S/C21H37N7O3/c1-21(2,3)18(20(31)27-14-16(29)12-17(27)19(30)22-4)28-13-15(23-24-28)6-7-26-10-8-25(5)9-11-26/h13,16-18,29H,6-12,14H2,1-5H3,(H,22,30)/t16?,17?,18-/m1/s1. The highest BCUT2D eigenvalue weighted by Crippen LogP contribution is 2.34.